The fourth-order valence-electron chi connectivity index (χ4n) is 2.27. The van der Waals surface area contributed by atoms with Crippen molar-refractivity contribution in [2.75, 3.05) is 19.8 Å². The number of hydrogen-bond donors (Lipinski definition) is 3. The summed E-state index contributed by atoms with van der Waals surface area (Å²) in [6, 6.07) is 10.9. The minimum absolute atomic E-state index is 0.0518. The molecule has 0 spiro atoms. The van der Waals surface area contributed by atoms with E-state index in [1.165, 1.54) is 6.20 Å². The van der Waals surface area contributed by atoms with Crippen LogP contribution in [0.1, 0.15) is 23.0 Å². The minimum Gasteiger partial charge on any atom is -0.491 e. The van der Waals surface area contributed by atoms with Crippen molar-refractivity contribution in [3.63, 3.8) is 0 Å². The molecule has 2 rings (SSSR count). The summed E-state index contributed by atoms with van der Waals surface area (Å²) < 4.78 is 11.2. The molecule has 0 aliphatic heterocycles. The van der Waals surface area contributed by atoms with E-state index in [1.54, 1.807) is 12.1 Å². The lowest BCUT2D eigenvalue weighted by Gasteiger charge is -2.19. The van der Waals surface area contributed by atoms with Crippen molar-refractivity contribution < 1.29 is 19.4 Å². The molecule has 4 N–H and O–H groups in total. The van der Waals surface area contributed by atoms with Gasteiger partial charge in [-0.15, -0.1) is 0 Å². The van der Waals surface area contributed by atoms with E-state index in [0.29, 0.717) is 18.9 Å². The number of aliphatic hydroxyl groups is 1. The summed E-state index contributed by atoms with van der Waals surface area (Å²) in [5.74, 6) is 0.473. The lowest BCUT2D eigenvalue weighted by atomic mass is 10.2. The number of rotatable bonds is 10. The number of nitrogens with one attached hydrogen (secondary N) is 1. The molecular weight excluding hydrogens is 334 g/mol. The van der Waals surface area contributed by atoms with Crippen LogP contribution in [-0.4, -0.2) is 47.9 Å². The topological polar surface area (TPSA) is 107 Å². The highest BCUT2D eigenvalue weighted by atomic mass is 16.5. The first-order chi connectivity index (χ1) is 12.5. The zero-order valence-electron chi connectivity index (χ0n) is 15.0. The number of hydrogen-bond acceptors (Lipinski definition) is 6. The number of amides is 1. The van der Waals surface area contributed by atoms with Crippen LogP contribution in [0.25, 0.3) is 0 Å². The maximum absolute atomic E-state index is 11.3. The molecule has 1 aromatic carbocycles. The van der Waals surface area contributed by atoms with Crippen LogP contribution in [0.15, 0.2) is 42.6 Å². The summed E-state index contributed by atoms with van der Waals surface area (Å²) in [4.78, 5) is 15.2. The van der Waals surface area contributed by atoms with E-state index in [-0.39, 0.29) is 18.3 Å². The van der Waals surface area contributed by atoms with Gasteiger partial charge in [0, 0.05) is 18.8 Å². The molecule has 0 saturated heterocycles. The van der Waals surface area contributed by atoms with Gasteiger partial charge in [0.1, 0.15) is 25.1 Å². The Morgan fingerprint density at radius 1 is 1.19 bits per heavy atom. The standard InChI is InChI=1S/C19H25N3O4/c1-13-6-3-4-7-16(13)26-12-15(23)10-22-14(2)11-25-17-8-5-9-21-18(17)19(20)24/h3-9,14-15,22-23H,10-12H2,1-2H3,(H2,20,24). The average molecular weight is 359 g/mol. The molecule has 0 bridgehead atoms. The fraction of sp³-hybridized carbons (Fsp3) is 0.368. The Morgan fingerprint density at radius 3 is 2.62 bits per heavy atom. The molecule has 2 atom stereocenters. The lowest BCUT2D eigenvalue weighted by molar-refractivity contribution is 0.0986. The van der Waals surface area contributed by atoms with Gasteiger partial charge in [-0.2, -0.15) is 0 Å². The number of nitrogens with zero attached hydrogens (tertiary/aromatic N) is 1. The van der Waals surface area contributed by atoms with E-state index in [4.69, 9.17) is 15.2 Å². The number of para-hydroxylation sites is 1. The first kappa shape index (κ1) is 19.7. The number of aromatic nitrogens is 1. The van der Waals surface area contributed by atoms with Gasteiger partial charge in [-0.1, -0.05) is 18.2 Å². The van der Waals surface area contributed by atoms with E-state index >= 15 is 0 Å². The van der Waals surface area contributed by atoms with Crippen molar-refractivity contribution in [3.05, 3.63) is 53.9 Å². The number of aliphatic hydroxyl groups excluding tert-OH is 1. The second kappa shape index (κ2) is 9.74. The Hall–Kier alpha value is -2.64. The first-order valence-electron chi connectivity index (χ1n) is 8.45. The Bertz CT molecular complexity index is 723. The summed E-state index contributed by atoms with van der Waals surface area (Å²) in [6.45, 7) is 4.72. The molecule has 7 heteroatoms. The molecule has 2 unspecified atom stereocenters. The van der Waals surface area contributed by atoms with Gasteiger partial charge < -0.3 is 25.6 Å². The van der Waals surface area contributed by atoms with E-state index in [0.717, 1.165) is 11.3 Å². The Labute approximate surface area is 153 Å². The van der Waals surface area contributed by atoms with Gasteiger partial charge in [0.2, 0.25) is 0 Å². The zero-order valence-corrected chi connectivity index (χ0v) is 15.0. The number of carbonyl (C=O) groups is 1. The smallest absolute Gasteiger partial charge is 0.271 e. The molecule has 26 heavy (non-hydrogen) atoms. The van der Waals surface area contributed by atoms with Crippen molar-refractivity contribution in [1.82, 2.24) is 10.3 Å². The quantitative estimate of drug-likeness (QED) is 0.590. The summed E-state index contributed by atoms with van der Waals surface area (Å²) >= 11 is 0. The van der Waals surface area contributed by atoms with Crippen molar-refractivity contribution in [2.45, 2.75) is 26.0 Å². The van der Waals surface area contributed by atoms with Crippen LogP contribution in [0.4, 0.5) is 0 Å². The van der Waals surface area contributed by atoms with Crippen LogP contribution in [0.5, 0.6) is 11.5 Å². The van der Waals surface area contributed by atoms with E-state index in [9.17, 15) is 9.90 Å². The summed E-state index contributed by atoms with van der Waals surface area (Å²) in [5.41, 5.74) is 6.39. The second-order valence-electron chi connectivity index (χ2n) is 6.07. The molecule has 0 aliphatic rings. The van der Waals surface area contributed by atoms with Gasteiger partial charge in [0.25, 0.3) is 5.91 Å². The van der Waals surface area contributed by atoms with Gasteiger partial charge in [0.15, 0.2) is 11.4 Å². The second-order valence-corrected chi connectivity index (χ2v) is 6.07. The largest absolute Gasteiger partial charge is 0.491 e. The maximum atomic E-state index is 11.3. The zero-order chi connectivity index (χ0) is 18.9. The van der Waals surface area contributed by atoms with Crippen molar-refractivity contribution >= 4 is 5.91 Å². The first-order valence-corrected chi connectivity index (χ1v) is 8.45. The number of primary amides is 1. The van der Waals surface area contributed by atoms with Gasteiger partial charge in [0.05, 0.1) is 0 Å². The van der Waals surface area contributed by atoms with Gasteiger partial charge in [-0.3, -0.25) is 4.79 Å². The highest BCUT2D eigenvalue weighted by Crippen LogP contribution is 2.16. The number of aryl methyl sites for hydroxylation is 1. The number of carbonyl (C=O) groups excluding carboxylic acids is 1. The van der Waals surface area contributed by atoms with Gasteiger partial charge in [-0.25, -0.2) is 4.98 Å². The third kappa shape index (κ3) is 6.02. The summed E-state index contributed by atoms with van der Waals surface area (Å²) in [5, 5.41) is 13.2. The monoisotopic (exact) mass is 359 g/mol. The predicted octanol–water partition coefficient (Wildman–Crippen LogP) is 1.29. The third-order valence-electron chi connectivity index (χ3n) is 3.72. The molecule has 0 aliphatic carbocycles. The van der Waals surface area contributed by atoms with E-state index in [2.05, 4.69) is 10.3 Å². The Balaban J connectivity index is 1.72. The van der Waals surface area contributed by atoms with E-state index in [1.807, 2.05) is 38.1 Å². The normalized spacial score (nSPS) is 13.0. The molecule has 1 amide bonds. The highest BCUT2D eigenvalue weighted by molar-refractivity contribution is 5.93. The number of ether oxygens (including phenoxy) is 2. The van der Waals surface area contributed by atoms with Gasteiger partial charge >= 0.3 is 0 Å². The van der Waals surface area contributed by atoms with Crippen LogP contribution in [0.3, 0.4) is 0 Å². The molecule has 140 valence electrons. The Kier molecular flexibility index (Phi) is 7.37. The molecule has 0 saturated carbocycles. The van der Waals surface area contributed by atoms with Crippen LogP contribution in [0, 0.1) is 6.92 Å². The molecule has 0 radical (unpaired) electrons. The molecular formula is C19H25N3O4. The van der Waals surface area contributed by atoms with Crippen LogP contribution >= 0.6 is 0 Å². The molecule has 7 nitrogen and oxygen atoms in total. The number of pyridine rings is 1. The summed E-state index contributed by atoms with van der Waals surface area (Å²) in [7, 11) is 0. The van der Waals surface area contributed by atoms with Crippen molar-refractivity contribution in [1.29, 1.82) is 0 Å². The predicted molar refractivity (Wildman–Crippen MR) is 98.4 cm³/mol. The average Bonchev–Trinajstić information content (AvgIpc) is 2.64. The molecule has 1 heterocycles. The van der Waals surface area contributed by atoms with Crippen molar-refractivity contribution in [2.24, 2.45) is 5.73 Å². The van der Waals surface area contributed by atoms with Crippen LogP contribution < -0.4 is 20.5 Å². The SMILES string of the molecule is Cc1ccccc1OCC(O)CNC(C)COc1cccnc1C(N)=O. The van der Waals surface area contributed by atoms with E-state index < -0.39 is 12.0 Å². The van der Waals surface area contributed by atoms with Gasteiger partial charge in [-0.05, 0) is 37.6 Å². The Morgan fingerprint density at radius 2 is 1.88 bits per heavy atom. The third-order valence-corrected chi connectivity index (χ3v) is 3.72. The van der Waals surface area contributed by atoms with Crippen LogP contribution in [0.2, 0.25) is 0 Å². The molecule has 1 aromatic heterocycles. The lowest BCUT2D eigenvalue weighted by Crippen LogP contribution is -2.39. The molecule has 0 fully saturated rings. The minimum atomic E-state index is -0.656. The number of nitrogens with two attached hydrogens (primary N) is 1. The molecule has 2 aromatic rings. The number of benzene rings is 1. The maximum Gasteiger partial charge on any atom is 0.271 e. The van der Waals surface area contributed by atoms with Crippen molar-refractivity contribution in [3.8, 4) is 11.5 Å². The summed E-state index contributed by atoms with van der Waals surface area (Å²) in [6.07, 6.45) is 0.830. The highest BCUT2D eigenvalue weighted by Gasteiger charge is 2.13. The van der Waals surface area contributed by atoms with Crippen LogP contribution in [-0.2, 0) is 0 Å². The fourth-order valence-corrected chi connectivity index (χ4v) is 2.27.